The van der Waals surface area contributed by atoms with Crippen LogP contribution in [0.4, 0.5) is 0 Å². The van der Waals surface area contributed by atoms with Crippen LogP contribution in [0.1, 0.15) is 42.9 Å². The smallest absolute Gasteiger partial charge is 0.328 e. The monoisotopic (exact) mass is 551 g/mol. The molecule has 0 radical (unpaired) electrons. The van der Waals surface area contributed by atoms with Crippen LogP contribution in [-0.4, -0.2) is 65.0 Å². The SMILES string of the molecule is CN=C/C(=C\N)c1cc2cccc(-c3cc(C4CCN(CC5CCNCC5)CC4)c4c(c3)n(C)c(=O)n4C)c2cn1. The second-order valence-electron chi connectivity index (χ2n) is 11.7. The van der Waals surface area contributed by atoms with E-state index in [0.717, 1.165) is 89.1 Å². The van der Waals surface area contributed by atoms with E-state index < -0.39 is 0 Å². The first-order valence-corrected chi connectivity index (χ1v) is 14.8. The van der Waals surface area contributed by atoms with Gasteiger partial charge in [0.1, 0.15) is 0 Å². The lowest BCUT2D eigenvalue weighted by Crippen LogP contribution is -2.39. The molecule has 8 heteroatoms. The van der Waals surface area contributed by atoms with Crippen molar-refractivity contribution in [1.29, 1.82) is 0 Å². The van der Waals surface area contributed by atoms with E-state index >= 15 is 0 Å². The summed E-state index contributed by atoms with van der Waals surface area (Å²) in [6.45, 7) is 5.73. The number of aromatic nitrogens is 3. The number of hydrogen-bond donors (Lipinski definition) is 2. The third-order valence-electron chi connectivity index (χ3n) is 9.21. The summed E-state index contributed by atoms with van der Waals surface area (Å²) in [5.74, 6) is 1.23. The fraction of sp³-hybridized carbons (Fsp3) is 0.424. The third kappa shape index (κ3) is 5.22. The fourth-order valence-electron chi connectivity index (χ4n) is 6.92. The van der Waals surface area contributed by atoms with Crippen molar-refractivity contribution < 1.29 is 0 Å². The first-order valence-electron chi connectivity index (χ1n) is 14.8. The second kappa shape index (κ2) is 11.6. The molecule has 4 aromatic rings. The van der Waals surface area contributed by atoms with E-state index in [4.69, 9.17) is 10.7 Å². The predicted octanol–water partition coefficient (Wildman–Crippen LogP) is 4.27. The molecule has 6 rings (SSSR count). The molecule has 0 saturated carbocycles. The van der Waals surface area contributed by atoms with Crippen LogP contribution < -0.4 is 16.7 Å². The molecule has 0 spiro atoms. The van der Waals surface area contributed by atoms with Gasteiger partial charge in [0.05, 0.1) is 16.7 Å². The van der Waals surface area contributed by atoms with Gasteiger partial charge in [-0.1, -0.05) is 18.2 Å². The largest absolute Gasteiger partial charge is 0.404 e. The van der Waals surface area contributed by atoms with Gasteiger partial charge in [0.15, 0.2) is 0 Å². The van der Waals surface area contributed by atoms with Gasteiger partial charge in [0.2, 0.25) is 0 Å². The van der Waals surface area contributed by atoms with Crippen molar-refractivity contribution in [1.82, 2.24) is 24.3 Å². The molecule has 2 aliphatic heterocycles. The van der Waals surface area contributed by atoms with Crippen molar-refractivity contribution in [3.63, 3.8) is 0 Å². The number of nitrogens with two attached hydrogens (primary N) is 1. The highest BCUT2D eigenvalue weighted by molar-refractivity contribution is 6.10. The number of fused-ring (bicyclic) bond motifs is 2. The maximum atomic E-state index is 13.1. The highest BCUT2D eigenvalue weighted by atomic mass is 16.1. The molecule has 0 atom stereocenters. The Kier molecular flexibility index (Phi) is 7.77. The van der Waals surface area contributed by atoms with Crippen molar-refractivity contribution in [2.45, 2.75) is 31.6 Å². The Labute approximate surface area is 241 Å². The fourth-order valence-corrected chi connectivity index (χ4v) is 6.92. The minimum absolute atomic E-state index is 0.0182. The van der Waals surface area contributed by atoms with E-state index in [0.29, 0.717) is 5.92 Å². The van der Waals surface area contributed by atoms with Gasteiger partial charge in [-0.2, -0.15) is 0 Å². The van der Waals surface area contributed by atoms with Crippen LogP contribution in [0.15, 0.2) is 58.6 Å². The molecule has 2 aromatic heterocycles. The summed E-state index contributed by atoms with van der Waals surface area (Å²) in [4.78, 5) is 24.6. The molecule has 2 aromatic carbocycles. The van der Waals surface area contributed by atoms with Gasteiger partial charge >= 0.3 is 5.69 Å². The van der Waals surface area contributed by atoms with Gasteiger partial charge in [0.25, 0.3) is 0 Å². The van der Waals surface area contributed by atoms with Crippen molar-refractivity contribution in [3.05, 3.63) is 70.5 Å². The zero-order valence-electron chi connectivity index (χ0n) is 24.4. The van der Waals surface area contributed by atoms with Crippen LogP contribution in [0.3, 0.4) is 0 Å². The number of allylic oxidation sites excluding steroid dienone is 1. The lowest BCUT2D eigenvalue weighted by atomic mass is 9.85. The van der Waals surface area contributed by atoms with Gasteiger partial charge in [-0.05, 0) is 104 Å². The predicted molar refractivity (Wildman–Crippen MR) is 169 cm³/mol. The van der Waals surface area contributed by atoms with Gasteiger partial charge in [0, 0.05) is 57.3 Å². The van der Waals surface area contributed by atoms with E-state index in [9.17, 15) is 4.79 Å². The number of nitrogens with one attached hydrogen (secondary N) is 1. The molecule has 2 aliphatic rings. The number of nitrogens with zero attached hydrogens (tertiary/aromatic N) is 5. The maximum absolute atomic E-state index is 13.1. The molecule has 0 amide bonds. The molecule has 0 unspecified atom stereocenters. The second-order valence-corrected chi connectivity index (χ2v) is 11.7. The summed E-state index contributed by atoms with van der Waals surface area (Å²) < 4.78 is 3.63. The lowest BCUT2D eigenvalue weighted by molar-refractivity contribution is 0.167. The van der Waals surface area contributed by atoms with Crippen LogP contribution in [0.2, 0.25) is 0 Å². The Morgan fingerprint density at radius 1 is 1.10 bits per heavy atom. The van der Waals surface area contributed by atoms with Crippen LogP contribution in [-0.2, 0) is 14.1 Å². The summed E-state index contributed by atoms with van der Waals surface area (Å²) in [7, 11) is 5.52. The van der Waals surface area contributed by atoms with Crippen LogP contribution in [0, 0.1) is 5.92 Å². The molecule has 41 heavy (non-hydrogen) atoms. The Morgan fingerprint density at radius 3 is 2.61 bits per heavy atom. The molecule has 3 N–H and O–H groups in total. The molecule has 2 saturated heterocycles. The Morgan fingerprint density at radius 2 is 1.88 bits per heavy atom. The van der Waals surface area contributed by atoms with Gasteiger partial charge in [-0.15, -0.1) is 0 Å². The zero-order chi connectivity index (χ0) is 28.5. The zero-order valence-corrected chi connectivity index (χ0v) is 24.4. The number of rotatable bonds is 6. The molecular formula is C33H41N7O. The minimum Gasteiger partial charge on any atom is -0.404 e. The highest BCUT2D eigenvalue weighted by Crippen LogP contribution is 2.38. The molecule has 4 heterocycles. The highest BCUT2D eigenvalue weighted by Gasteiger charge is 2.27. The Bertz CT molecular complexity index is 1680. The number of imidazole rings is 1. The van der Waals surface area contributed by atoms with Crippen molar-refractivity contribution >= 4 is 33.6 Å². The van der Waals surface area contributed by atoms with Gasteiger partial charge in [-0.25, -0.2) is 4.79 Å². The maximum Gasteiger partial charge on any atom is 0.328 e. The quantitative estimate of drug-likeness (QED) is 0.349. The first kappa shape index (κ1) is 27.4. The number of likely N-dealkylation sites (tertiary alicyclic amines) is 1. The normalized spacial score (nSPS) is 18.3. The van der Waals surface area contributed by atoms with Crippen LogP contribution in [0.5, 0.6) is 0 Å². The van der Waals surface area contributed by atoms with Gasteiger partial charge in [-0.3, -0.25) is 19.1 Å². The summed E-state index contributed by atoms with van der Waals surface area (Å²) in [6.07, 6.45) is 9.99. The molecule has 0 aliphatic carbocycles. The van der Waals surface area contributed by atoms with E-state index in [2.05, 4.69) is 51.6 Å². The summed E-state index contributed by atoms with van der Waals surface area (Å²) in [5, 5.41) is 5.65. The summed E-state index contributed by atoms with van der Waals surface area (Å²) in [6, 6.07) is 12.9. The molecular weight excluding hydrogens is 510 g/mol. The number of benzene rings is 2. The van der Waals surface area contributed by atoms with Crippen LogP contribution in [0.25, 0.3) is 38.5 Å². The average Bonchev–Trinajstić information content (AvgIpc) is 3.23. The lowest BCUT2D eigenvalue weighted by Gasteiger charge is -2.36. The first-order chi connectivity index (χ1) is 20.0. The van der Waals surface area contributed by atoms with Gasteiger partial charge < -0.3 is 16.0 Å². The standard InChI is InChI=1S/C33H41N7O/c1-35-19-26(18-34)30-16-24-5-4-6-27(29(24)20-37-30)25-15-28(32-31(17-25)38(2)33(41)39(32)3)23-9-13-40(14-10-23)21-22-7-11-36-12-8-22/h4-6,15-20,22-23,36H,7-14,21,34H2,1-3H3/b26-18+,35-19?. The van der Waals surface area contributed by atoms with E-state index in [-0.39, 0.29) is 5.69 Å². The number of aliphatic imine (C=N–C) groups is 1. The molecule has 214 valence electrons. The summed E-state index contributed by atoms with van der Waals surface area (Å²) >= 11 is 0. The number of piperidine rings is 2. The number of hydrogen-bond acceptors (Lipinski definition) is 6. The average molecular weight is 552 g/mol. The topological polar surface area (TPSA) is 93.5 Å². The van der Waals surface area contributed by atoms with Crippen LogP contribution >= 0.6 is 0 Å². The Balaban J connectivity index is 1.38. The minimum atomic E-state index is 0.0182. The molecule has 8 nitrogen and oxygen atoms in total. The third-order valence-corrected chi connectivity index (χ3v) is 9.21. The van der Waals surface area contributed by atoms with Crippen molar-refractivity contribution in [2.24, 2.45) is 30.7 Å². The number of pyridine rings is 1. The van der Waals surface area contributed by atoms with Crippen molar-refractivity contribution in [3.8, 4) is 11.1 Å². The van der Waals surface area contributed by atoms with Crippen molar-refractivity contribution in [2.75, 3.05) is 39.8 Å². The Hall–Kier alpha value is -3.75. The summed E-state index contributed by atoms with van der Waals surface area (Å²) in [5.41, 5.74) is 13.0. The number of aryl methyl sites for hydroxylation is 2. The van der Waals surface area contributed by atoms with E-state index in [1.807, 2.05) is 24.9 Å². The van der Waals surface area contributed by atoms with E-state index in [1.54, 1.807) is 24.0 Å². The molecule has 2 fully saturated rings. The molecule has 0 bridgehead atoms. The van der Waals surface area contributed by atoms with E-state index in [1.165, 1.54) is 24.9 Å².